The fourth-order valence-electron chi connectivity index (χ4n) is 2.52. The summed E-state index contributed by atoms with van der Waals surface area (Å²) in [5, 5.41) is 0. The van der Waals surface area contributed by atoms with Crippen molar-refractivity contribution in [1.82, 2.24) is 9.55 Å². The summed E-state index contributed by atoms with van der Waals surface area (Å²) in [6.45, 7) is 4.36. The zero-order chi connectivity index (χ0) is 19.3. The Kier molecular flexibility index (Phi) is 6.68. The smallest absolute Gasteiger partial charge is 0.330 e. The average Bonchev–Trinajstić information content (AvgIpc) is 2.60. The van der Waals surface area contributed by atoms with Crippen LogP contribution in [0.2, 0.25) is 0 Å². The van der Waals surface area contributed by atoms with Crippen LogP contribution in [-0.2, 0) is 11.3 Å². The summed E-state index contributed by atoms with van der Waals surface area (Å²) in [4.78, 5) is 41.2. The summed E-state index contributed by atoms with van der Waals surface area (Å²) >= 11 is 1.40. The molecule has 2 rings (SSSR count). The molecular formula is C18H24N4O3S. The van der Waals surface area contributed by atoms with Crippen molar-refractivity contribution >= 4 is 29.2 Å². The quantitative estimate of drug-likeness (QED) is 0.720. The molecule has 0 aliphatic rings. The largest absolute Gasteiger partial charge is 0.383 e. The molecule has 0 spiro atoms. The summed E-state index contributed by atoms with van der Waals surface area (Å²) in [5.41, 5.74) is 5.92. The van der Waals surface area contributed by atoms with Gasteiger partial charge in [-0.2, -0.15) is 0 Å². The minimum absolute atomic E-state index is 0.0103. The molecule has 0 aliphatic heterocycles. The molecule has 1 heterocycles. The number of unbranched alkanes of at least 4 members (excludes halogenated alkanes) is 1. The number of nitrogens with zero attached hydrogens (tertiary/aromatic N) is 2. The van der Waals surface area contributed by atoms with Crippen molar-refractivity contribution in [3.8, 4) is 0 Å². The molecule has 0 radical (unpaired) electrons. The Morgan fingerprint density at radius 1 is 1.31 bits per heavy atom. The number of aromatic nitrogens is 2. The first-order chi connectivity index (χ1) is 12.4. The van der Waals surface area contributed by atoms with Gasteiger partial charge in [0.15, 0.2) is 5.69 Å². The van der Waals surface area contributed by atoms with Crippen molar-refractivity contribution in [2.45, 2.75) is 38.1 Å². The second-order valence-electron chi connectivity index (χ2n) is 6.01. The van der Waals surface area contributed by atoms with Crippen LogP contribution in [0.15, 0.2) is 38.8 Å². The molecule has 0 unspecified atom stereocenters. The van der Waals surface area contributed by atoms with E-state index in [4.69, 9.17) is 5.73 Å². The summed E-state index contributed by atoms with van der Waals surface area (Å²) in [6, 6.07) is 7.77. The number of H-pyrrole nitrogens is 1. The van der Waals surface area contributed by atoms with Gasteiger partial charge in [-0.3, -0.25) is 19.1 Å². The first kappa shape index (κ1) is 19.8. The van der Waals surface area contributed by atoms with E-state index in [9.17, 15) is 14.4 Å². The predicted molar refractivity (Wildman–Crippen MR) is 106 cm³/mol. The monoisotopic (exact) mass is 376 g/mol. The van der Waals surface area contributed by atoms with Crippen molar-refractivity contribution in [1.29, 1.82) is 0 Å². The van der Waals surface area contributed by atoms with E-state index in [-0.39, 0.29) is 23.2 Å². The highest BCUT2D eigenvalue weighted by molar-refractivity contribution is 8.00. The zero-order valence-electron chi connectivity index (χ0n) is 15.2. The molecule has 1 aromatic carbocycles. The Balaban J connectivity index is 2.24. The van der Waals surface area contributed by atoms with Gasteiger partial charge in [0.1, 0.15) is 5.82 Å². The molecule has 1 aromatic heterocycles. The van der Waals surface area contributed by atoms with Crippen LogP contribution >= 0.6 is 11.8 Å². The van der Waals surface area contributed by atoms with Gasteiger partial charge in [-0.05, 0) is 25.0 Å². The van der Waals surface area contributed by atoms with Gasteiger partial charge in [0.2, 0.25) is 5.91 Å². The van der Waals surface area contributed by atoms with E-state index in [1.807, 2.05) is 38.1 Å². The number of nitrogens with one attached hydrogen (secondary N) is 1. The maximum Gasteiger partial charge on any atom is 0.330 e. The molecule has 0 aliphatic carbocycles. The van der Waals surface area contributed by atoms with Crippen LogP contribution in [0.25, 0.3) is 0 Å². The third kappa shape index (κ3) is 4.37. The van der Waals surface area contributed by atoms with E-state index in [1.54, 1.807) is 0 Å². The number of amides is 1. The lowest BCUT2D eigenvalue weighted by Crippen LogP contribution is -2.39. The lowest BCUT2D eigenvalue weighted by atomic mass is 10.2. The van der Waals surface area contributed by atoms with Crippen LogP contribution < -0.4 is 21.9 Å². The third-order valence-electron chi connectivity index (χ3n) is 4.10. The maximum absolute atomic E-state index is 12.6. The van der Waals surface area contributed by atoms with Crippen LogP contribution in [0.3, 0.4) is 0 Å². The molecule has 8 heteroatoms. The lowest BCUT2D eigenvalue weighted by Gasteiger charge is -2.20. The van der Waals surface area contributed by atoms with Gasteiger partial charge in [-0.25, -0.2) is 4.79 Å². The van der Waals surface area contributed by atoms with Crippen molar-refractivity contribution < 1.29 is 4.79 Å². The first-order valence-corrected chi connectivity index (χ1v) is 9.43. The molecule has 3 N–H and O–H groups in total. The minimum Gasteiger partial charge on any atom is -0.383 e. The topological polar surface area (TPSA) is 101 Å². The molecule has 140 valence electrons. The van der Waals surface area contributed by atoms with Crippen LogP contribution in [0, 0.1) is 6.92 Å². The number of hydrogen-bond donors (Lipinski definition) is 2. The van der Waals surface area contributed by atoms with Crippen LogP contribution in [0.5, 0.6) is 0 Å². The number of carbonyl (C=O) groups is 1. The van der Waals surface area contributed by atoms with E-state index in [0.29, 0.717) is 6.54 Å². The molecule has 0 atom stereocenters. The number of aryl methyl sites for hydroxylation is 1. The number of aromatic amines is 1. The third-order valence-corrected chi connectivity index (χ3v) is 5.26. The number of nitrogen functional groups attached to an aromatic ring is 1. The molecule has 1 amide bonds. The van der Waals surface area contributed by atoms with Crippen LogP contribution in [0.1, 0.15) is 25.3 Å². The second-order valence-corrected chi connectivity index (χ2v) is 7.02. The zero-order valence-corrected chi connectivity index (χ0v) is 16.1. The molecule has 0 bridgehead atoms. The van der Waals surface area contributed by atoms with Crippen LogP contribution in [0.4, 0.5) is 11.5 Å². The van der Waals surface area contributed by atoms with Gasteiger partial charge >= 0.3 is 5.69 Å². The van der Waals surface area contributed by atoms with E-state index in [1.165, 1.54) is 28.3 Å². The lowest BCUT2D eigenvalue weighted by molar-refractivity contribution is -0.115. The Labute approximate surface area is 156 Å². The Morgan fingerprint density at radius 2 is 2.00 bits per heavy atom. The Bertz CT molecular complexity index is 904. The van der Waals surface area contributed by atoms with E-state index < -0.39 is 11.2 Å². The highest BCUT2D eigenvalue weighted by Crippen LogP contribution is 2.23. The number of nitrogens with two attached hydrogens (primary N) is 1. The van der Waals surface area contributed by atoms with Gasteiger partial charge in [-0.1, -0.05) is 31.5 Å². The number of hydrogen-bond acceptors (Lipinski definition) is 5. The first-order valence-electron chi connectivity index (χ1n) is 8.44. The van der Waals surface area contributed by atoms with Crippen molar-refractivity contribution in [2.75, 3.05) is 23.4 Å². The van der Waals surface area contributed by atoms with Crippen molar-refractivity contribution in [3.05, 3.63) is 50.7 Å². The molecule has 0 fully saturated rings. The Hall–Kier alpha value is -2.48. The van der Waals surface area contributed by atoms with Gasteiger partial charge in [0.25, 0.3) is 5.56 Å². The summed E-state index contributed by atoms with van der Waals surface area (Å²) in [6.07, 6.45) is 1.62. The second kappa shape index (κ2) is 8.75. The fraction of sp³-hybridized carbons (Fsp3) is 0.389. The number of rotatable bonds is 7. The highest BCUT2D eigenvalue weighted by atomic mass is 32.2. The highest BCUT2D eigenvalue weighted by Gasteiger charge is 2.21. The number of thioether (sulfide) groups is 1. The molecule has 26 heavy (non-hydrogen) atoms. The maximum atomic E-state index is 12.6. The number of anilines is 2. The van der Waals surface area contributed by atoms with Gasteiger partial charge in [-0.15, -0.1) is 11.8 Å². The standard InChI is InChI=1S/C18H24N4O3S/c1-4-5-10-22-16(19)15(17(24)20-18(22)25)21(3)14(23)11-26-13-9-7-6-8-12(13)2/h6-9H,4-5,10-11,19H2,1-3H3,(H,20,24,25). The van der Waals surface area contributed by atoms with Gasteiger partial charge < -0.3 is 10.6 Å². The van der Waals surface area contributed by atoms with Gasteiger partial charge in [0.05, 0.1) is 5.75 Å². The fourth-order valence-corrected chi connectivity index (χ4v) is 3.46. The average molecular weight is 376 g/mol. The predicted octanol–water partition coefficient (Wildman–Crippen LogP) is 1.98. The van der Waals surface area contributed by atoms with Crippen LogP contribution in [-0.4, -0.2) is 28.3 Å². The molecule has 7 nitrogen and oxygen atoms in total. The van der Waals surface area contributed by atoms with Gasteiger partial charge in [0, 0.05) is 18.5 Å². The summed E-state index contributed by atoms with van der Waals surface area (Å²) < 4.78 is 1.30. The van der Waals surface area contributed by atoms with E-state index in [2.05, 4.69) is 4.98 Å². The van der Waals surface area contributed by atoms with Crippen molar-refractivity contribution in [3.63, 3.8) is 0 Å². The normalized spacial score (nSPS) is 10.7. The number of carbonyl (C=O) groups excluding carboxylic acids is 1. The van der Waals surface area contributed by atoms with E-state index in [0.717, 1.165) is 23.3 Å². The molecule has 2 aromatic rings. The molecular weight excluding hydrogens is 352 g/mol. The number of benzene rings is 1. The summed E-state index contributed by atoms with van der Waals surface area (Å²) in [7, 11) is 1.50. The molecule has 0 saturated carbocycles. The molecule has 0 saturated heterocycles. The SMILES string of the molecule is CCCCn1c(N)c(N(C)C(=O)CSc2ccccc2C)c(=O)[nH]c1=O. The Morgan fingerprint density at radius 3 is 2.65 bits per heavy atom. The minimum atomic E-state index is -0.656. The van der Waals surface area contributed by atoms with E-state index >= 15 is 0 Å². The van der Waals surface area contributed by atoms with Crippen molar-refractivity contribution in [2.24, 2.45) is 0 Å². The summed E-state index contributed by atoms with van der Waals surface area (Å²) in [5.74, 6) is -0.0889.